The standard InChI is InChI=1S/C21H22F2N4O5S/c1-2-33(30,31)26-12-9-13(11-28)27(10-12)21(29)24-20-19-14(5-3-8-17(19)32-25-20)18-15(22)6-4-7-16(18)23/h3-8,12-13,26,28H,2,9-11H2,1H3,(H,24,25,29). The van der Waals surface area contributed by atoms with Crippen LogP contribution >= 0.6 is 0 Å². The Morgan fingerprint density at radius 3 is 2.61 bits per heavy atom. The molecule has 176 valence electrons. The normalized spacial score (nSPS) is 18.7. The Morgan fingerprint density at radius 2 is 1.94 bits per heavy atom. The molecule has 9 nitrogen and oxygen atoms in total. The maximum atomic E-state index is 14.4. The van der Waals surface area contributed by atoms with Crippen molar-refractivity contribution in [3.63, 3.8) is 0 Å². The number of carbonyl (C=O) groups excluding carboxylic acids is 1. The maximum Gasteiger partial charge on any atom is 0.323 e. The third kappa shape index (κ3) is 4.54. The van der Waals surface area contributed by atoms with E-state index in [4.69, 9.17) is 4.52 Å². The first-order valence-electron chi connectivity index (χ1n) is 10.2. The molecule has 1 fully saturated rings. The quantitative estimate of drug-likeness (QED) is 0.498. The van der Waals surface area contributed by atoms with Crippen molar-refractivity contribution in [2.45, 2.75) is 25.4 Å². The fourth-order valence-corrected chi connectivity index (χ4v) is 4.82. The predicted octanol–water partition coefficient (Wildman–Crippen LogP) is 2.68. The molecule has 1 aromatic heterocycles. The lowest BCUT2D eigenvalue weighted by Gasteiger charge is -2.22. The molecule has 3 aromatic rings. The second-order valence-corrected chi connectivity index (χ2v) is 9.72. The molecule has 0 radical (unpaired) electrons. The molecule has 1 aliphatic rings. The van der Waals surface area contributed by atoms with E-state index in [0.717, 1.165) is 12.1 Å². The van der Waals surface area contributed by atoms with Gasteiger partial charge < -0.3 is 14.5 Å². The van der Waals surface area contributed by atoms with Crippen molar-refractivity contribution < 1.29 is 31.6 Å². The van der Waals surface area contributed by atoms with Gasteiger partial charge in [0.1, 0.15) is 11.6 Å². The lowest BCUT2D eigenvalue weighted by atomic mass is 10.0. The zero-order chi connectivity index (χ0) is 23.8. The van der Waals surface area contributed by atoms with E-state index in [0.29, 0.717) is 0 Å². The summed E-state index contributed by atoms with van der Waals surface area (Å²) in [5.74, 6) is -1.74. The summed E-state index contributed by atoms with van der Waals surface area (Å²) >= 11 is 0. The Bertz CT molecular complexity index is 1280. The monoisotopic (exact) mass is 480 g/mol. The number of rotatable bonds is 6. The summed E-state index contributed by atoms with van der Waals surface area (Å²) in [5.41, 5.74) is 0.0674. The smallest absolute Gasteiger partial charge is 0.323 e. The van der Waals surface area contributed by atoms with E-state index < -0.39 is 39.8 Å². The molecule has 2 unspecified atom stereocenters. The fraction of sp³-hybridized carbons (Fsp3) is 0.333. The van der Waals surface area contributed by atoms with Crippen LogP contribution in [0.15, 0.2) is 40.9 Å². The number of aliphatic hydroxyl groups is 1. The van der Waals surface area contributed by atoms with Crippen molar-refractivity contribution in [3.05, 3.63) is 48.0 Å². The molecule has 2 atom stereocenters. The minimum atomic E-state index is -3.50. The third-order valence-electron chi connectivity index (χ3n) is 5.57. The van der Waals surface area contributed by atoms with Crippen LogP contribution in [0.1, 0.15) is 13.3 Å². The highest BCUT2D eigenvalue weighted by molar-refractivity contribution is 7.89. The van der Waals surface area contributed by atoms with Gasteiger partial charge in [0.2, 0.25) is 10.0 Å². The molecule has 2 amide bonds. The summed E-state index contributed by atoms with van der Waals surface area (Å²) < 4.78 is 60.4. The molecule has 1 aliphatic heterocycles. The molecular weight excluding hydrogens is 458 g/mol. The number of nitrogens with one attached hydrogen (secondary N) is 2. The zero-order valence-electron chi connectivity index (χ0n) is 17.6. The molecule has 2 heterocycles. The van der Waals surface area contributed by atoms with Gasteiger partial charge in [0.15, 0.2) is 11.4 Å². The van der Waals surface area contributed by atoms with E-state index in [1.54, 1.807) is 12.1 Å². The van der Waals surface area contributed by atoms with Gasteiger partial charge >= 0.3 is 6.03 Å². The second kappa shape index (κ2) is 9.04. The van der Waals surface area contributed by atoms with Crippen molar-refractivity contribution in [1.82, 2.24) is 14.8 Å². The molecule has 33 heavy (non-hydrogen) atoms. The highest BCUT2D eigenvalue weighted by Gasteiger charge is 2.37. The van der Waals surface area contributed by atoms with Crippen LogP contribution < -0.4 is 10.0 Å². The Morgan fingerprint density at radius 1 is 1.24 bits per heavy atom. The molecule has 0 saturated carbocycles. The SMILES string of the molecule is CCS(=O)(=O)NC1CC(CO)N(C(=O)Nc2noc3cccc(-c4c(F)cccc4F)c23)C1. The Labute approximate surface area is 188 Å². The molecule has 12 heteroatoms. The highest BCUT2D eigenvalue weighted by atomic mass is 32.2. The van der Waals surface area contributed by atoms with Crippen LogP contribution in [-0.4, -0.2) is 60.6 Å². The number of likely N-dealkylation sites (tertiary alicyclic amines) is 1. The largest absolute Gasteiger partial charge is 0.394 e. The first-order chi connectivity index (χ1) is 15.7. The van der Waals surface area contributed by atoms with Crippen LogP contribution in [0.3, 0.4) is 0 Å². The number of hydrogen-bond acceptors (Lipinski definition) is 6. The average molecular weight is 480 g/mol. The molecule has 0 bridgehead atoms. The minimum absolute atomic E-state index is 0.0286. The summed E-state index contributed by atoms with van der Waals surface area (Å²) in [6, 6.07) is 6.22. The highest BCUT2D eigenvalue weighted by Crippen LogP contribution is 2.36. The fourth-order valence-electron chi connectivity index (χ4n) is 3.97. The Hall–Kier alpha value is -3.09. The van der Waals surface area contributed by atoms with Gasteiger partial charge in [0.25, 0.3) is 0 Å². The van der Waals surface area contributed by atoms with Gasteiger partial charge in [-0.05, 0) is 31.5 Å². The van der Waals surface area contributed by atoms with Crippen LogP contribution in [0, 0.1) is 11.6 Å². The average Bonchev–Trinajstić information content (AvgIpc) is 3.37. The number of anilines is 1. The van der Waals surface area contributed by atoms with Crippen molar-refractivity contribution in [2.24, 2.45) is 0 Å². The lowest BCUT2D eigenvalue weighted by Crippen LogP contribution is -2.42. The van der Waals surface area contributed by atoms with Crippen LogP contribution in [0.2, 0.25) is 0 Å². The maximum absolute atomic E-state index is 14.4. The summed E-state index contributed by atoms with van der Waals surface area (Å²) in [5, 5.41) is 16.3. The van der Waals surface area contributed by atoms with Crippen molar-refractivity contribution in [2.75, 3.05) is 24.2 Å². The number of halogens is 2. The van der Waals surface area contributed by atoms with Gasteiger partial charge in [-0.15, -0.1) is 0 Å². The second-order valence-electron chi connectivity index (χ2n) is 7.68. The summed E-state index contributed by atoms with van der Waals surface area (Å²) in [6.07, 6.45) is 0.231. The molecule has 0 aliphatic carbocycles. The first kappa shape index (κ1) is 23.1. The lowest BCUT2D eigenvalue weighted by molar-refractivity contribution is 0.166. The third-order valence-corrected chi connectivity index (χ3v) is 7.02. The van der Waals surface area contributed by atoms with Gasteiger partial charge in [-0.1, -0.05) is 23.4 Å². The summed E-state index contributed by atoms with van der Waals surface area (Å²) in [7, 11) is -3.50. The number of fused-ring (bicyclic) bond motifs is 1. The van der Waals surface area contributed by atoms with Crippen molar-refractivity contribution in [3.8, 4) is 11.1 Å². The number of benzene rings is 2. The van der Waals surface area contributed by atoms with Gasteiger partial charge in [0.05, 0.1) is 29.4 Å². The van der Waals surface area contributed by atoms with Crippen LogP contribution in [0.4, 0.5) is 19.4 Å². The summed E-state index contributed by atoms with van der Waals surface area (Å²) in [4.78, 5) is 14.3. The molecule has 2 aromatic carbocycles. The van der Waals surface area contributed by atoms with Gasteiger partial charge in [0, 0.05) is 18.2 Å². The van der Waals surface area contributed by atoms with Crippen molar-refractivity contribution in [1.29, 1.82) is 0 Å². The number of hydrogen-bond donors (Lipinski definition) is 3. The van der Waals surface area contributed by atoms with E-state index in [2.05, 4.69) is 15.2 Å². The number of carbonyl (C=O) groups is 1. The first-order valence-corrected chi connectivity index (χ1v) is 11.9. The number of aromatic nitrogens is 1. The van der Waals surface area contributed by atoms with E-state index >= 15 is 0 Å². The number of sulfonamides is 1. The minimum Gasteiger partial charge on any atom is -0.394 e. The zero-order valence-corrected chi connectivity index (χ0v) is 18.4. The van der Waals surface area contributed by atoms with Crippen LogP contribution in [0.25, 0.3) is 22.1 Å². The summed E-state index contributed by atoms with van der Waals surface area (Å²) in [6.45, 7) is 1.15. The predicted molar refractivity (Wildman–Crippen MR) is 117 cm³/mol. The van der Waals surface area contributed by atoms with E-state index in [1.807, 2.05) is 0 Å². The molecular formula is C21H22F2N4O5S. The van der Waals surface area contributed by atoms with E-state index in [-0.39, 0.29) is 53.2 Å². The van der Waals surface area contributed by atoms with Gasteiger partial charge in [-0.3, -0.25) is 5.32 Å². The number of aliphatic hydroxyl groups excluding tert-OH is 1. The number of amides is 2. The molecule has 4 rings (SSSR count). The van der Waals surface area contributed by atoms with Crippen LogP contribution in [-0.2, 0) is 10.0 Å². The van der Waals surface area contributed by atoms with Gasteiger partial charge in [-0.25, -0.2) is 26.7 Å². The van der Waals surface area contributed by atoms with Crippen molar-refractivity contribution >= 4 is 32.8 Å². The Balaban J connectivity index is 1.64. The molecule has 3 N–H and O–H groups in total. The number of urea groups is 1. The topological polar surface area (TPSA) is 125 Å². The van der Waals surface area contributed by atoms with Gasteiger partial charge in [-0.2, -0.15) is 0 Å². The van der Waals surface area contributed by atoms with Crippen LogP contribution in [0.5, 0.6) is 0 Å². The molecule has 0 spiro atoms. The Kier molecular flexibility index (Phi) is 6.32. The number of nitrogens with zero attached hydrogens (tertiary/aromatic N) is 2. The molecule has 1 saturated heterocycles. The van der Waals surface area contributed by atoms with E-state index in [9.17, 15) is 27.1 Å². The van der Waals surface area contributed by atoms with E-state index in [1.165, 1.54) is 24.0 Å².